The van der Waals surface area contributed by atoms with E-state index < -0.39 is 0 Å². The van der Waals surface area contributed by atoms with Gasteiger partial charge in [-0.2, -0.15) is 0 Å². The number of imidazole rings is 1. The number of H-pyrrole nitrogens is 1. The summed E-state index contributed by atoms with van der Waals surface area (Å²) in [7, 11) is 1.74. The van der Waals surface area contributed by atoms with E-state index in [2.05, 4.69) is 26.3 Å². The van der Waals surface area contributed by atoms with Crippen LogP contribution >= 0.6 is 0 Å². The van der Waals surface area contributed by atoms with E-state index in [1.54, 1.807) is 11.6 Å². The Morgan fingerprint density at radius 2 is 2.04 bits per heavy atom. The van der Waals surface area contributed by atoms with E-state index in [0.29, 0.717) is 5.82 Å². The van der Waals surface area contributed by atoms with Gasteiger partial charge in [0, 0.05) is 18.1 Å². The van der Waals surface area contributed by atoms with Gasteiger partial charge in [0.1, 0.15) is 12.1 Å². The summed E-state index contributed by atoms with van der Waals surface area (Å²) in [6.07, 6.45) is 1.52. The van der Waals surface area contributed by atoms with Crippen LogP contribution in [0, 0.1) is 6.92 Å². The topological polar surface area (TPSA) is 75.6 Å². The second kappa shape index (κ2) is 4.95. The highest BCUT2D eigenvalue weighted by Crippen LogP contribution is 2.26. The molecule has 0 radical (unpaired) electrons. The van der Waals surface area contributed by atoms with Crippen molar-refractivity contribution in [2.45, 2.75) is 6.92 Å². The molecule has 0 fully saturated rings. The molecule has 6 heteroatoms. The molecule has 0 aliphatic carbocycles. The van der Waals surface area contributed by atoms with Crippen LogP contribution in [0.25, 0.3) is 21.9 Å². The van der Waals surface area contributed by atoms with Crippen LogP contribution in [0.4, 0.5) is 11.5 Å². The predicted octanol–water partition coefficient (Wildman–Crippen LogP) is 2.86. The first-order valence-corrected chi connectivity index (χ1v) is 7.29. The second-order valence-electron chi connectivity index (χ2n) is 5.59. The maximum absolute atomic E-state index is 11.8. The van der Waals surface area contributed by atoms with Gasteiger partial charge in [-0.05, 0) is 36.8 Å². The lowest BCUT2D eigenvalue weighted by Crippen LogP contribution is -2.11. The molecule has 0 saturated heterocycles. The average Bonchev–Trinajstić information content (AvgIpc) is 2.80. The molecule has 0 atom stereocenters. The van der Waals surface area contributed by atoms with Gasteiger partial charge in [0.2, 0.25) is 0 Å². The van der Waals surface area contributed by atoms with Crippen molar-refractivity contribution in [3.8, 4) is 0 Å². The highest BCUT2D eigenvalue weighted by molar-refractivity contribution is 5.99. The van der Waals surface area contributed by atoms with Gasteiger partial charge in [-0.15, -0.1) is 0 Å². The third-order valence-electron chi connectivity index (χ3n) is 3.94. The number of anilines is 2. The van der Waals surface area contributed by atoms with Crippen LogP contribution in [-0.4, -0.2) is 19.5 Å². The molecule has 0 unspecified atom stereocenters. The largest absolute Gasteiger partial charge is 0.340 e. The zero-order chi connectivity index (χ0) is 16.0. The van der Waals surface area contributed by atoms with Crippen molar-refractivity contribution in [3.63, 3.8) is 0 Å². The molecule has 0 aliphatic rings. The highest BCUT2D eigenvalue weighted by atomic mass is 16.1. The molecule has 2 aromatic heterocycles. The van der Waals surface area contributed by atoms with E-state index in [9.17, 15) is 4.79 Å². The molecular formula is C17H15N5O. The van der Waals surface area contributed by atoms with Crippen molar-refractivity contribution in [3.05, 3.63) is 58.8 Å². The number of hydrogen-bond acceptors (Lipinski definition) is 4. The van der Waals surface area contributed by atoms with Crippen LogP contribution in [0.2, 0.25) is 0 Å². The number of nitrogens with zero attached hydrogens (tertiary/aromatic N) is 3. The summed E-state index contributed by atoms with van der Waals surface area (Å²) in [4.78, 5) is 23.3. The van der Waals surface area contributed by atoms with Crippen LogP contribution in [0.5, 0.6) is 0 Å². The molecule has 114 valence electrons. The molecule has 2 N–H and O–H groups in total. The maximum Gasteiger partial charge on any atom is 0.326 e. The molecule has 6 nitrogen and oxygen atoms in total. The highest BCUT2D eigenvalue weighted by Gasteiger charge is 2.09. The van der Waals surface area contributed by atoms with Crippen molar-refractivity contribution in [1.82, 2.24) is 19.5 Å². The first kappa shape index (κ1) is 13.5. The average molecular weight is 305 g/mol. The number of aromatic amines is 1. The lowest BCUT2D eigenvalue weighted by Gasteiger charge is -2.09. The molecule has 2 heterocycles. The van der Waals surface area contributed by atoms with Crippen LogP contribution < -0.4 is 11.0 Å². The summed E-state index contributed by atoms with van der Waals surface area (Å²) in [5.74, 6) is 0.715. The molecule has 23 heavy (non-hydrogen) atoms. The molecule has 0 spiro atoms. The van der Waals surface area contributed by atoms with E-state index in [4.69, 9.17) is 0 Å². The van der Waals surface area contributed by atoms with E-state index in [0.717, 1.165) is 27.6 Å². The van der Waals surface area contributed by atoms with Gasteiger partial charge in [0.15, 0.2) is 0 Å². The van der Waals surface area contributed by atoms with Gasteiger partial charge in [-0.3, -0.25) is 4.57 Å². The molecule has 0 amide bonds. The molecule has 0 aliphatic heterocycles. The Morgan fingerprint density at radius 1 is 1.17 bits per heavy atom. The fourth-order valence-corrected chi connectivity index (χ4v) is 2.74. The number of rotatable bonds is 2. The Bertz CT molecular complexity index is 1090. The standard InChI is InChI=1S/C17H15N5O/c1-10-4-3-5-11(6-10)20-16-12-7-14-15(22(2)17(23)21-14)8-13(12)18-9-19-16/h3-9H,1-2H3,(H,21,23)(H,18,19,20). The minimum atomic E-state index is -0.142. The second-order valence-corrected chi connectivity index (χ2v) is 5.59. The predicted molar refractivity (Wildman–Crippen MR) is 91.1 cm³/mol. The first-order chi connectivity index (χ1) is 11.1. The van der Waals surface area contributed by atoms with Crippen LogP contribution in [-0.2, 0) is 7.05 Å². The summed E-state index contributed by atoms with van der Waals surface area (Å²) in [6.45, 7) is 2.04. The normalized spacial score (nSPS) is 11.2. The Kier molecular flexibility index (Phi) is 2.90. The lowest BCUT2D eigenvalue weighted by atomic mass is 10.2. The summed E-state index contributed by atoms with van der Waals surface area (Å²) in [6, 6.07) is 11.9. The number of benzene rings is 2. The van der Waals surface area contributed by atoms with Crippen molar-refractivity contribution < 1.29 is 0 Å². The van der Waals surface area contributed by atoms with E-state index >= 15 is 0 Å². The number of hydrogen-bond donors (Lipinski definition) is 2. The minimum absolute atomic E-state index is 0.142. The Hall–Kier alpha value is -3.15. The fraction of sp³-hybridized carbons (Fsp3) is 0.118. The molecule has 4 aromatic rings. The first-order valence-electron chi connectivity index (χ1n) is 7.29. The number of aryl methyl sites for hydroxylation is 2. The Balaban J connectivity index is 1.91. The SMILES string of the molecule is Cc1cccc(Nc2ncnc3cc4c(cc23)[nH]c(=O)n4C)c1. The van der Waals surface area contributed by atoms with Crippen molar-refractivity contribution >= 4 is 33.4 Å². The fourth-order valence-electron chi connectivity index (χ4n) is 2.74. The van der Waals surface area contributed by atoms with Crippen molar-refractivity contribution in [2.24, 2.45) is 7.05 Å². The third-order valence-corrected chi connectivity index (χ3v) is 3.94. The molecule has 0 saturated carbocycles. The van der Waals surface area contributed by atoms with Gasteiger partial charge in [0.25, 0.3) is 0 Å². The smallest absolute Gasteiger partial charge is 0.326 e. The number of fused-ring (bicyclic) bond motifs is 2. The third kappa shape index (κ3) is 2.24. The summed E-state index contributed by atoms with van der Waals surface area (Å²) in [5.41, 5.74) is 4.37. The van der Waals surface area contributed by atoms with E-state index in [1.807, 2.05) is 37.3 Å². The van der Waals surface area contributed by atoms with Crippen LogP contribution in [0.3, 0.4) is 0 Å². The van der Waals surface area contributed by atoms with Crippen LogP contribution in [0.15, 0.2) is 47.5 Å². The monoisotopic (exact) mass is 305 g/mol. The van der Waals surface area contributed by atoms with Crippen molar-refractivity contribution in [1.29, 1.82) is 0 Å². The van der Waals surface area contributed by atoms with Gasteiger partial charge in [-0.25, -0.2) is 14.8 Å². The van der Waals surface area contributed by atoms with Crippen LogP contribution in [0.1, 0.15) is 5.56 Å². The summed E-state index contributed by atoms with van der Waals surface area (Å²) in [5, 5.41) is 4.19. The van der Waals surface area contributed by atoms with E-state index in [1.165, 1.54) is 11.9 Å². The van der Waals surface area contributed by atoms with Gasteiger partial charge in [0.05, 0.1) is 16.6 Å². The Labute approximate surface area is 131 Å². The number of nitrogens with one attached hydrogen (secondary N) is 2. The lowest BCUT2D eigenvalue weighted by molar-refractivity contribution is 0.892. The summed E-state index contributed by atoms with van der Waals surface area (Å²) < 4.78 is 1.57. The minimum Gasteiger partial charge on any atom is -0.340 e. The summed E-state index contributed by atoms with van der Waals surface area (Å²) >= 11 is 0. The molecular weight excluding hydrogens is 290 g/mol. The molecule has 2 aromatic carbocycles. The van der Waals surface area contributed by atoms with Gasteiger partial charge in [-0.1, -0.05) is 12.1 Å². The zero-order valence-corrected chi connectivity index (χ0v) is 12.8. The molecule has 4 rings (SSSR count). The number of aromatic nitrogens is 4. The van der Waals surface area contributed by atoms with Gasteiger partial charge < -0.3 is 10.3 Å². The van der Waals surface area contributed by atoms with E-state index in [-0.39, 0.29) is 5.69 Å². The maximum atomic E-state index is 11.8. The Morgan fingerprint density at radius 3 is 2.87 bits per heavy atom. The molecule has 0 bridgehead atoms. The van der Waals surface area contributed by atoms with Gasteiger partial charge >= 0.3 is 5.69 Å². The van der Waals surface area contributed by atoms with Crippen molar-refractivity contribution in [2.75, 3.05) is 5.32 Å². The zero-order valence-electron chi connectivity index (χ0n) is 12.8. The quantitative estimate of drug-likeness (QED) is 0.597.